The zero-order valence-electron chi connectivity index (χ0n) is 9.78. The van der Waals surface area contributed by atoms with E-state index in [-0.39, 0.29) is 6.42 Å². The van der Waals surface area contributed by atoms with E-state index in [9.17, 15) is 9.59 Å². The number of hydrogen-bond acceptors (Lipinski definition) is 4. The van der Waals surface area contributed by atoms with Crippen molar-refractivity contribution in [3.63, 3.8) is 0 Å². The molecular weight excluding hydrogens is 208 g/mol. The van der Waals surface area contributed by atoms with Gasteiger partial charge in [0.05, 0.1) is 0 Å². The average Bonchev–Trinajstić information content (AvgIpc) is 2.46. The van der Waals surface area contributed by atoms with Crippen LogP contribution < -0.4 is 0 Å². The fourth-order valence-electron chi connectivity index (χ4n) is 1.33. The van der Waals surface area contributed by atoms with Gasteiger partial charge in [-0.25, -0.2) is 9.59 Å². The Bertz CT molecular complexity index is 349. The van der Waals surface area contributed by atoms with E-state index in [2.05, 4.69) is 6.58 Å². The molecule has 0 aliphatic carbocycles. The van der Waals surface area contributed by atoms with Crippen LogP contribution in [0.2, 0.25) is 0 Å². The van der Waals surface area contributed by atoms with Crippen molar-refractivity contribution < 1.29 is 19.1 Å². The molecule has 0 N–H and O–H groups in total. The number of rotatable bonds is 3. The van der Waals surface area contributed by atoms with E-state index < -0.39 is 23.1 Å². The second kappa shape index (κ2) is 4.12. The molecule has 0 amide bonds. The Kier molecular flexibility index (Phi) is 3.21. The molecule has 0 saturated carbocycles. The molecule has 88 valence electrons. The van der Waals surface area contributed by atoms with Gasteiger partial charge in [0.15, 0.2) is 0 Å². The van der Waals surface area contributed by atoms with Gasteiger partial charge in [-0.1, -0.05) is 6.08 Å². The first-order chi connectivity index (χ1) is 7.29. The number of esters is 2. The smallest absolute Gasteiger partial charge is 0.355 e. The van der Waals surface area contributed by atoms with Crippen molar-refractivity contribution in [3.8, 4) is 0 Å². The molecule has 16 heavy (non-hydrogen) atoms. The summed E-state index contributed by atoms with van der Waals surface area (Å²) in [5.74, 6) is -1.10. The lowest BCUT2D eigenvalue weighted by Gasteiger charge is -2.28. The van der Waals surface area contributed by atoms with Crippen LogP contribution in [-0.2, 0) is 19.1 Å². The number of carbonyl (C=O) groups excluding carboxylic acids is 2. The third-order valence-electron chi connectivity index (χ3n) is 1.96. The lowest BCUT2D eigenvalue weighted by Crippen LogP contribution is -2.42. The SMILES string of the molecule is C=CC[C@]1(C(=O)OC(C)(C)C)C=CC(=O)O1. The summed E-state index contributed by atoms with van der Waals surface area (Å²) < 4.78 is 10.2. The molecule has 4 nitrogen and oxygen atoms in total. The van der Waals surface area contributed by atoms with Crippen molar-refractivity contribution in [1.29, 1.82) is 0 Å². The van der Waals surface area contributed by atoms with E-state index in [1.807, 2.05) is 0 Å². The maximum absolute atomic E-state index is 11.9. The van der Waals surface area contributed by atoms with Crippen molar-refractivity contribution in [3.05, 3.63) is 24.8 Å². The number of cyclic esters (lactones) is 1. The van der Waals surface area contributed by atoms with Gasteiger partial charge in [-0.05, 0) is 26.8 Å². The summed E-state index contributed by atoms with van der Waals surface area (Å²) in [7, 11) is 0. The van der Waals surface area contributed by atoms with Gasteiger partial charge in [0, 0.05) is 12.5 Å². The average molecular weight is 224 g/mol. The Balaban J connectivity index is 2.87. The summed E-state index contributed by atoms with van der Waals surface area (Å²) in [6.45, 7) is 8.81. The Labute approximate surface area is 94.9 Å². The monoisotopic (exact) mass is 224 g/mol. The van der Waals surface area contributed by atoms with Crippen molar-refractivity contribution in [2.45, 2.75) is 38.4 Å². The lowest BCUT2D eigenvalue weighted by molar-refractivity contribution is -0.180. The minimum atomic E-state index is -1.33. The molecule has 0 aromatic heterocycles. The zero-order chi connectivity index (χ0) is 12.4. The summed E-state index contributed by atoms with van der Waals surface area (Å²) in [4.78, 5) is 23.0. The fraction of sp³-hybridized carbons (Fsp3) is 0.500. The largest absolute Gasteiger partial charge is 0.457 e. The van der Waals surface area contributed by atoms with Crippen LogP contribution in [0, 0.1) is 0 Å². The normalized spacial score (nSPS) is 24.1. The van der Waals surface area contributed by atoms with E-state index >= 15 is 0 Å². The Morgan fingerprint density at radius 2 is 2.25 bits per heavy atom. The Hall–Kier alpha value is -1.58. The molecule has 0 unspecified atom stereocenters. The molecule has 0 fully saturated rings. The van der Waals surface area contributed by atoms with E-state index in [0.717, 1.165) is 0 Å². The summed E-state index contributed by atoms with van der Waals surface area (Å²) >= 11 is 0. The highest BCUT2D eigenvalue weighted by molar-refractivity contribution is 5.94. The maximum Gasteiger partial charge on any atom is 0.355 e. The van der Waals surface area contributed by atoms with E-state index in [1.165, 1.54) is 18.2 Å². The molecule has 1 aliphatic heterocycles. The molecule has 0 aromatic carbocycles. The second-order valence-electron chi connectivity index (χ2n) is 4.64. The molecule has 0 bridgehead atoms. The van der Waals surface area contributed by atoms with Gasteiger partial charge in [-0.15, -0.1) is 6.58 Å². The molecular formula is C12H16O4. The van der Waals surface area contributed by atoms with Gasteiger partial charge in [-0.2, -0.15) is 0 Å². The van der Waals surface area contributed by atoms with Crippen LogP contribution in [0.5, 0.6) is 0 Å². The summed E-state index contributed by atoms with van der Waals surface area (Å²) in [6, 6.07) is 0. The lowest BCUT2D eigenvalue weighted by atomic mass is 10.00. The van der Waals surface area contributed by atoms with Crippen LogP contribution in [0.3, 0.4) is 0 Å². The van der Waals surface area contributed by atoms with Crippen LogP contribution >= 0.6 is 0 Å². The third-order valence-corrected chi connectivity index (χ3v) is 1.96. The van der Waals surface area contributed by atoms with Gasteiger partial charge in [0.25, 0.3) is 0 Å². The van der Waals surface area contributed by atoms with Gasteiger partial charge in [-0.3, -0.25) is 0 Å². The molecule has 1 rings (SSSR count). The molecule has 0 spiro atoms. The highest BCUT2D eigenvalue weighted by Crippen LogP contribution is 2.28. The molecule has 0 saturated heterocycles. The molecule has 4 heteroatoms. The molecule has 1 aliphatic rings. The Morgan fingerprint density at radius 3 is 2.62 bits per heavy atom. The number of ether oxygens (including phenoxy) is 2. The van der Waals surface area contributed by atoms with Gasteiger partial charge in [0.2, 0.25) is 5.60 Å². The molecule has 0 aromatic rings. The quantitative estimate of drug-likeness (QED) is 0.541. The highest BCUT2D eigenvalue weighted by atomic mass is 16.6. The predicted octanol–water partition coefficient (Wildman–Crippen LogP) is 1.76. The molecule has 0 radical (unpaired) electrons. The molecule has 1 heterocycles. The van der Waals surface area contributed by atoms with Crippen molar-refractivity contribution in [2.24, 2.45) is 0 Å². The highest BCUT2D eigenvalue weighted by Gasteiger charge is 2.45. The van der Waals surface area contributed by atoms with Crippen LogP contribution in [0.25, 0.3) is 0 Å². The van der Waals surface area contributed by atoms with E-state index in [4.69, 9.17) is 9.47 Å². The predicted molar refractivity (Wildman–Crippen MR) is 58.6 cm³/mol. The van der Waals surface area contributed by atoms with Gasteiger partial charge < -0.3 is 9.47 Å². The summed E-state index contributed by atoms with van der Waals surface area (Å²) in [5, 5.41) is 0. The first-order valence-electron chi connectivity index (χ1n) is 5.06. The standard InChI is InChI=1S/C12H16O4/c1-5-7-12(8-6-9(13)15-12)10(14)16-11(2,3)4/h5-6,8H,1,7H2,2-4H3/t12-/m1/s1. The zero-order valence-corrected chi connectivity index (χ0v) is 9.78. The maximum atomic E-state index is 11.9. The number of hydrogen-bond donors (Lipinski definition) is 0. The molecule has 1 atom stereocenters. The number of carbonyl (C=O) groups is 2. The minimum absolute atomic E-state index is 0.212. The van der Waals surface area contributed by atoms with Crippen molar-refractivity contribution in [1.82, 2.24) is 0 Å². The van der Waals surface area contributed by atoms with Gasteiger partial charge in [0.1, 0.15) is 5.60 Å². The summed E-state index contributed by atoms with van der Waals surface area (Å²) in [5.41, 5.74) is -1.94. The topological polar surface area (TPSA) is 52.6 Å². The van der Waals surface area contributed by atoms with Crippen LogP contribution in [0.4, 0.5) is 0 Å². The van der Waals surface area contributed by atoms with Crippen LogP contribution in [-0.4, -0.2) is 23.1 Å². The van der Waals surface area contributed by atoms with Crippen LogP contribution in [0.15, 0.2) is 24.8 Å². The van der Waals surface area contributed by atoms with Crippen molar-refractivity contribution in [2.75, 3.05) is 0 Å². The first kappa shape index (κ1) is 12.5. The van der Waals surface area contributed by atoms with Crippen LogP contribution in [0.1, 0.15) is 27.2 Å². The Morgan fingerprint density at radius 1 is 1.62 bits per heavy atom. The second-order valence-corrected chi connectivity index (χ2v) is 4.64. The summed E-state index contributed by atoms with van der Waals surface area (Å²) in [6.07, 6.45) is 4.38. The first-order valence-corrected chi connectivity index (χ1v) is 5.06. The minimum Gasteiger partial charge on any atom is -0.457 e. The van der Waals surface area contributed by atoms with Gasteiger partial charge >= 0.3 is 11.9 Å². The van der Waals surface area contributed by atoms with E-state index in [0.29, 0.717) is 0 Å². The van der Waals surface area contributed by atoms with Crippen molar-refractivity contribution >= 4 is 11.9 Å². The van der Waals surface area contributed by atoms with E-state index in [1.54, 1.807) is 20.8 Å². The fourth-order valence-corrected chi connectivity index (χ4v) is 1.33. The third kappa shape index (κ3) is 2.72.